The van der Waals surface area contributed by atoms with Crippen LogP contribution in [0.15, 0.2) is 61.5 Å². The van der Waals surface area contributed by atoms with Crippen molar-refractivity contribution < 1.29 is 23.4 Å². The SMILES string of the molecule is CSc1sc(/C(N)=N\C(=O)O)cc1S(=O)(=O)c1cccc(-c2c(C)cc(O)cc2C)c1. The van der Waals surface area contributed by atoms with E-state index in [1.54, 1.807) is 30.5 Å². The normalized spacial score (nSPS) is 12.2. The number of rotatable bonds is 5. The summed E-state index contributed by atoms with van der Waals surface area (Å²) in [5.41, 5.74) is 8.93. The molecule has 0 saturated carbocycles. The van der Waals surface area contributed by atoms with Crippen molar-refractivity contribution in [3.8, 4) is 16.9 Å². The van der Waals surface area contributed by atoms with Crippen molar-refractivity contribution in [2.75, 3.05) is 6.26 Å². The van der Waals surface area contributed by atoms with Gasteiger partial charge in [-0.1, -0.05) is 12.1 Å². The smallest absolute Gasteiger partial charge is 0.433 e. The van der Waals surface area contributed by atoms with Gasteiger partial charge in [0.25, 0.3) is 0 Å². The summed E-state index contributed by atoms with van der Waals surface area (Å²) in [6.45, 7) is 3.70. The van der Waals surface area contributed by atoms with Crippen LogP contribution in [-0.4, -0.2) is 36.8 Å². The molecule has 0 atom stereocenters. The van der Waals surface area contributed by atoms with Gasteiger partial charge in [0.1, 0.15) is 11.6 Å². The van der Waals surface area contributed by atoms with E-state index in [2.05, 4.69) is 4.99 Å². The fraction of sp³-hybridized carbons (Fsp3) is 0.143. The number of sulfone groups is 1. The van der Waals surface area contributed by atoms with Crippen molar-refractivity contribution in [3.63, 3.8) is 0 Å². The number of aryl methyl sites for hydroxylation is 2. The van der Waals surface area contributed by atoms with Gasteiger partial charge in [-0.25, -0.2) is 13.2 Å². The molecule has 4 N–H and O–H groups in total. The summed E-state index contributed by atoms with van der Waals surface area (Å²) >= 11 is 2.31. The highest BCUT2D eigenvalue weighted by Gasteiger charge is 2.26. The van der Waals surface area contributed by atoms with E-state index in [1.165, 1.54) is 23.9 Å². The number of aromatic hydroxyl groups is 1. The van der Waals surface area contributed by atoms with E-state index < -0.39 is 15.9 Å². The minimum Gasteiger partial charge on any atom is -0.508 e. The maximum atomic E-state index is 13.4. The minimum atomic E-state index is -3.91. The van der Waals surface area contributed by atoms with Crippen LogP contribution in [0.2, 0.25) is 0 Å². The lowest BCUT2D eigenvalue weighted by Gasteiger charge is -2.13. The molecule has 0 radical (unpaired) electrons. The molecular weight excluding hydrogens is 456 g/mol. The van der Waals surface area contributed by atoms with Crippen LogP contribution >= 0.6 is 23.1 Å². The molecule has 3 rings (SSSR count). The molecule has 1 heterocycles. The predicted octanol–water partition coefficient (Wildman–Crippen LogP) is 4.68. The van der Waals surface area contributed by atoms with Gasteiger partial charge in [-0.2, -0.15) is 4.99 Å². The first-order valence-electron chi connectivity index (χ1n) is 8.95. The highest BCUT2D eigenvalue weighted by Crippen LogP contribution is 2.38. The molecule has 10 heteroatoms. The second-order valence-corrected chi connectivity index (χ2v) is 10.8. The summed E-state index contributed by atoms with van der Waals surface area (Å²) in [4.78, 5) is 14.5. The van der Waals surface area contributed by atoms with Gasteiger partial charge in [-0.05, 0) is 72.7 Å². The number of aliphatic imine (C=N–C) groups is 1. The number of thiophene rings is 1. The highest BCUT2D eigenvalue weighted by atomic mass is 32.2. The Balaban J connectivity index is 2.14. The van der Waals surface area contributed by atoms with Crippen molar-refractivity contribution in [2.24, 2.45) is 10.7 Å². The zero-order chi connectivity index (χ0) is 22.9. The maximum absolute atomic E-state index is 13.4. The third-order valence-electron chi connectivity index (χ3n) is 4.56. The largest absolute Gasteiger partial charge is 0.508 e. The van der Waals surface area contributed by atoms with Crippen molar-refractivity contribution in [1.82, 2.24) is 0 Å². The van der Waals surface area contributed by atoms with Crippen LogP contribution < -0.4 is 5.73 Å². The van der Waals surface area contributed by atoms with Crippen LogP contribution in [0.25, 0.3) is 11.1 Å². The zero-order valence-electron chi connectivity index (χ0n) is 16.9. The lowest BCUT2D eigenvalue weighted by molar-refractivity contribution is 0.205. The van der Waals surface area contributed by atoms with E-state index in [4.69, 9.17) is 10.8 Å². The molecule has 0 unspecified atom stereocenters. The van der Waals surface area contributed by atoms with Crippen LogP contribution in [0.1, 0.15) is 16.0 Å². The molecule has 3 aromatic rings. The Morgan fingerprint density at radius 3 is 2.35 bits per heavy atom. The average Bonchev–Trinajstić information content (AvgIpc) is 3.12. The maximum Gasteiger partial charge on any atom is 0.433 e. The van der Waals surface area contributed by atoms with E-state index in [0.717, 1.165) is 28.0 Å². The molecule has 0 aliphatic rings. The Labute approximate surface area is 188 Å². The molecule has 1 aromatic heterocycles. The van der Waals surface area contributed by atoms with Crippen LogP contribution in [0, 0.1) is 13.8 Å². The Hall–Kier alpha value is -2.82. The molecular formula is C21H20N2O5S3. The third-order valence-corrected chi connectivity index (χ3v) is 8.89. The van der Waals surface area contributed by atoms with Gasteiger partial charge in [0.15, 0.2) is 0 Å². The molecule has 0 fully saturated rings. The molecule has 0 saturated heterocycles. The lowest BCUT2D eigenvalue weighted by atomic mass is 9.95. The number of phenolic OH excluding ortho intramolecular Hbond substituents is 1. The standard InChI is InChI=1S/C21H20N2O5S3/c1-11-7-14(24)8-12(2)18(11)13-5-4-6-15(9-13)31(27,28)17-10-16(30-20(17)29-3)19(22)23-21(25)26/h4-10,24H,1-3H3,(H2,22,23)(H,25,26). The van der Waals surface area contributed by atoms with Gasteiger partial charge in [0, 0.05) is 0 Å². The molecule has 1 amide bonds. The average molecular weight is 477 g/mol. The van der Waals surface area contributed by atoms with E-state index in [1.807, 2.05) is 19.9 Å². The van der Waals surface area contributed by atoms with E-state index in [-0.39, 0.29) is 26.3 Å². The van der Waals surface area contributed by atoms with Crippen LogP contribution in [0.5, 0.6) is 5.75 Å². The van der Waals surface area contributed by atoms with Gasteiger partial charge in [0.2, 0.25) is 9.84 Å². The lowest BCUT2D eigenvalue weighted by Crippen LogP contribution is -2.13. The number of amidine groups is 1. The van der Waals surface area contributed by atoms with Crippen molar-refractivity contribution in [2.45, 2.75) is 27.8 Å². The topological polar surface area (TPSA) is 130 Å². The van der Waals surface area contributed by atoms with E-state index in [9.17, 15) is 18.3 Å². The number of thioether (sulfide) groups is 1. The summed E-state index contributed by atoms with van der Waals surface area (Å²) in [5.74, 6) is -0.100. The van der Waals surface area contributed by atoms with E-state index in [0.29, 0.717) is 9.77 Å². The van der Waals surface area contributed by atoms with Gasteiger partial charge in [0.05, 0.1) is 18.9 Å². The van der Waals surface area contributed by atoms with Crippen LogP contribution in [-0.2, 0) is 9.84 Å². The zero-order valence-corrected chi connectivity index (χ0v) is 19.4. The van der Waals surface area contributed by atoms with Gasteiger partial charge >= 0.3 is 6.09 Å². The number of hydrogen-bond acceptors (Lipinski definition) is 6. The van der Waals surface area contributed by atoms with Crippen molar-refractivity contribution in [3.05, 3.63) is 58.5 Å². The van der Waals surface area contributed by atoms with Gasteiger partial charge in [-0.15, -0.1) is 23.1 Å². The highest BCUT2D eigenvalue weighted by molar-refractivity contribution is 8.01. The summed E-state index contributed by atoms with van der Waals surface area (Å²) in [7, 11) is -3.91. The number of carboxylic acid groups (broad SMARTS) is 1. The van der Waals surface area contributed by atoms with Crippen molar-refractivity contribution >= 4 is 44.9 Å². The van der Waals surface area contributed by atoms with Gasteiger partial charge in [-0.3, -0.25) is 0 Å². The van der Waals surface area contributed by atoms with E-state index >= 15 is 0 Å². The first-order valence-corrected chi connectivity index (χ1v) is 12.5. The summed E-state index contributed by atoms with van der Waals surface area (Å²) in [6.07, 6.45) is 0.284. The number of hydrogen-bond donors (Lipinski definition) is 3. The number of nitrogens with two attached hydrogens (primary N) is 1. The van der Waals surface area contributed by atoms with Crippen LogP contribution in [0.3, 0.4) is 0 Å². The Morgan fingerprint density at radius 2 is 1.77 bits per heavy atom. The third kappa shape index (κ3) is 4.60. The fourth-order valence-corrected chi connectivity index (χ4v) is 7.26. The molecule has 2 aromatic carbocycles. The Morgan fingerprint density at radius 1 is 1.13 bits per heavy atom. The molecule has 162 valence electrons. The summed E-state index contributed by atoms with van der Waals surface area (Å²) in [5, 5.41) is 18.6. The first-order chi connectivity index (χ1) is 14.5. The summed E-state index contributed by atoms with van der Waals surface area (Å²) < 4.78 is 27.4. The summed E-state index contributed by atoms with van der Waals surface area (Å²) in [6, 6.07) is 11.2. The molecule has 0 spiro atoms. The Bertz CT molecular complexity index is 1290. The van der Waals surface area contributed by atoms with Crippen LogP contribution in [0.4, 0.5) is 4.79 Å². The number of carbonyl (C=O) groups is 1. The second kappa shape index (κ2) is 8.74. The number of phenols is 1. The second-order valence-electron chi connectivity index (χ2n) is 6.73. The number of nitrogens with zero attached hydrogens (tertiary/aromatic N) is 1. The fourth-order valence-electron chi connectivity index (χ4n) is 3.31. The van der Waals surface area contributed by atoms with Gasteiger partial charge < -0.3 is 15.9 Å². The quantitative estimate of drug-likeness (QED) is 0.277. The first kappa shape index (κ1) is 22.9. The molecule has 0 aliphatic carbocycles. The minimum absolute atomic E-state index is 0.0554. The Kier molecular flexibility index (Phi) is 6.44. The molecule has 0 aliphatic heterocycles. The molecule has 31 heavy (non-hydrogen) atoms. The molecule has 7 nitrogen and oxygen atoms in total. The monoisotopic (exact) mass is 476 g/mol. The number of amides is 1. The molecule has 0 bridgehead atoms. The predicted molar refractivity (Wildman–Crippen MR) is 123 cm³/mol. The van der Waals surface area contributed by atoms with Crippen molar-refractivity contribution in [1.29, 1.82) is 0 Å². The number of benzene rings is 2.